The summed E-state index contributed by atoms with van der Waals surface area (Å²) in [6.45, 7) is 0. The molecule has 0 fully saturated rings. The van der Waals surface area contributed by atoms with Crippen LogP contribution in [0.15, 0.2) is 41.3 Å². The predicted octanol–water partition coefficient (Wildman–Crippen LogP) is 3.32. The van der Waals surface area contributed by atoms with Gasteiger partial charge in [0.1, 0.15) is 16.8 Å². The minimum absolute atomic E-state index is 0.147. The molecule has 0 saturated heterocycles. The predicted molar refractivity (Wildman–Crippen MR) is 80.1 cm³/mol. The van der Waals surface area contributed by atoms with Gasteiger partial charge in [0, 0.05) is 4.90 Å². The van der Waals surface area contributed by atoms with Gasteiger partial charge >= 0.3 is 6.18 Å². The van der Waals surface area contributed by atoms with Gasteiger partial charge in [-0.25, -0.2) is 4.98 Å². The van der Waals surface area contributed by atoms with Crippen LogP contribution in [0.25, 0.3) is 0 Å². The lowest BCUT2D eigenvalue weighted by Crippen LogP contribution is -2.20. The molecule has 1 aromatic heterocycles. The van der Waals surface area contributed by atoms with E-state index in [4.69, 9.17) is 5.73 Å². The first kappa shape index (κ1) is 14.8. The van der Waals surface area contributed by atoms with Gasteiger partial charge in [-0.2, -0.15) is 13.2 Å². The van der Waals surface area contributed by atoms with Crippen LogP contribution in [0.5, 0.6) is 0 Å². The van der Waals surface area contributed by atoms with Crippen LogP contribution in [0.4, 0.5) is 30.5 Å². The molecule has 5 N–H and O–H groups in total. The molecule has 0 saturated carbocycles. The van der Waals surface area contributed by atoms with Crippen LogP contribution in [-0.2, 0) is 0 Å². The summed E-state index contributed by atoms with van der Waals surface area (Å²) in [6.07, 6.45) is -4.39. The van der Waals surface area contributed by atoms with Crippen molar-refractivity contribution in [1.82, 2.24) is 10.5 Å². The van der Waals surface area contributed by atoms with E-state index in [1.54, 1.807) is 18.2 Å². The number of halogens is 3. The SMILES string of the molecule is Nc1cc(SC(c2ccccc2)C(F)(F)F)c2c(n1)NNN2. The van der Waals surface area contributed by atoms with Gasteiger partial charge < -0.3 is 5.73 Å². The summed E-state index contributed by atoms with van der Waals surface area (Å²) in [5, 5.41) is -1.69. The molecule has 2 aromatic rings. The summed E-state index contributed by atoms with van der Waals surface area (Å²) in [6, 6.07) is 9.19. The molecule has 1 unspecified atom stereocenters. The van der Waals surface area contributed by atoms with Gasteiger partial charge in [-0.1, -0.05) is 30.3 Å². The molecule has 116 valence electrons. The number of aromatic nitrogens is 1. The Morgan fingerprint density at radius 3 is 2.55 bits per heavy atom. The molecule has 0 bridgehead atoms. The Kier molecular flexibility index (Phi) is 3.75. The number of alkyl halides is 3. The number of hydrogen-bond donors (Lipinski definition) is 4. The average Bonchev–Trinajstić information content (AvgIpc) is 2.92. The zero-order valence-electron chi connectivity index (χ0n) is 11.1. The highest BCUT2D eigenvalue weighted by Gasteiger charge is 2.42. The highest BCUT2D eigenvalue weighted by molar-refractivity contribution is 7.99. The van der Waals surface area contributed by atoms with Crippen molar-refractivity contribution in [3.8, 4) is 0 Å². The van der Waals surface area contributed by atoms with Gasteiger partial charge in [-0.3, -0.25) is 10.9 Å². The zero-order valence-corrected chi connectivity index (χ0v) is 11.9. The molecule has 1 aromatic carbocycles. The van der Waals surface area contributed by atoms with Gasteiger partial charge in [0.25, 0.3) is 0 Å². The standard InChI is InChI=1S/C13H12F3N5S/c14-13(15,16)11(7-4-2-1-3-5-7)22-8-6-9(17)18-12-10(8)19-21-20-12/h1-6,11,19,21H,(H3,17,18,20). The minimum Gasteiger partial charge on any atom is -0.384 e. The smallest absolute Gasteiger partial charge is 0.384 e. The molecule has 0 spiro atoms. The Balaban J connectivity index is 1.99. The molecule has 2 heterocycles. The maximum Gasteiger partial charge on any atom is 0.404 e. The zero-order chi connectivity index (χ0) is 15.7. The van der Waals surface area contributed by atoms with Gasteiger partial charge in [0.15, 0.2) is 5.82 Å². The van der Waals surface area contributed by atoms with Crippen molar-refractivity contribution in [1.29, 1.82) is 0 Å². The van der Waals surface area contributed by atoms with Gasteiger partial charge in [0.2, 0.25) is 0 Å². The number of pyridine rings is 1. The number of hydrazine groups is 2. The van der Waals surface area contributed by atoms with Crippen LogP contribution in [0.3, 0.4) is 0 Å². The van der Waals surface area contributed by atoms with Crippen molar-refractivity contribution in [2.24, 2.45) is 0 Å². The summed E-state index contributed by atoms with van der Waals surface area (Å²) in [4.78, 5) is 4.37. The van der Waals surface area contributed by atoms with Crippen molar-refractivity contribution in [3.63, 3.8) is 0 Å². The first-order valence-corrected chi connectivity index (χ1v) is 7.19. The van der Waals surface area contributed by atoms with Crippen LogP contribution >= 0.6 is 11.8 Å². The third-order valence-corrected chi connectivity index (χ3v) is 4.37. The second kappa shape index (κ2) is 5.58. The van der Waals surface area contributed by atoms with Crippen LogP contribution in [0.2, 0.25) is 0 Å². The van der Waals surface area contributed by atoms with Crippen molar-refractivity contribution >= 4 is 29.1 Å². The quantitative estimate of drug-likeness (QED) is 0.648. The van der Waals surface area contributed by atoms with E-state index in [2.05, 4.69) is 21.4 Å². The van der Waals surface area contributed by atoms with E-state index in [0.29, 0.717) is 28.2 Å². The lowest BCUT2D eigenvalue weighted by atomic mass is 10.1. The summed E-state index contributed by atoms with van der Waals surface area (Å²) < 4.78 is 40.3. The number of nitrogens with one attached hydrogen (secondary N) is 3. The normalized spacial score (nSPS) is 14.9. The Labute approximate surface area is 128 Å². The highest BCUT2D eigenvalue weighted by atomic mass is 32.2. The third-order valence-electron chi connectivity index (χ3n) is 3.02. The number of benzene rings is 1. The highest BCUT2D eigenvalue weighted by Crippen LogP contribution is 2.49. The topological polar surface area (TPSA) is 75.0 Å². The van der Waals surface area contributed by atoms with Gasteiger partial charge in [-0.15, -0.1) is 17.3 Å². The van der Waals surface area contributed by atoms with Crippen LogP contribution < -0.4 is 22.1 Å². The van der Waals surface area contributed by atoms with Crippen molar-refractivity contribution in [2.45, 2.75) is 16.3 Å². The number of thioether (sulfide) groups is 1. The molecular formula is C13H12F3N5S. The van der Waals surface area contributed by atoms with E-state index in [1.165, 1.54) is 18.2 Å². The molecule has 9 heteroatoms. The molecule has 0 amide bonds. The molecule has 1 aliphatic heterocycles. The molecule has 0 radical (unpaired) electrons. The molecule has 22 heavy (non-hydrogen) atoms. The summed E-state index contributed by atoms with van der Waals surface area (Å²) >= 11 is 0.681. The molecule has 1 aliphatic rings. The van der Waals surface area contributed by atoms with Crippen molar-refractivity contribution < 1.29 is 13.2 Å². The largest absolute Gasteiger partial charge is 0.404 e. The first-order valence-electron chi connectivity index (χ1n) is 6.31. The fraction of sp³-hybridized carbons (Fsp3) is 0.154. The second-order valence-corrected chi connectivity index (χ2v) is 5.74. The molecule has 0 aliphatic carbocycles. The Morgan fingerprint density at radius 2 is 1.86 bits per heavy atom. The maximum absolute atomic E-state index is 13.4. The number of hydrogen-bond acceptors (Lipinski definition) is 6. The van der Waals surface area contributed by atoms with Crippen LogP contribution in [0.1, 0.15) is 10.8 Å². The number of nitrogen functional groups attached to an aromatic ring is 1. The lowest BCUT2D eigenvalue weighted by Gasteiger charge is -2.21. The first-order chi connectivity index (χ1) is 10.4. The summed E-state index contributed by atoms with van der Waals surface area (Å²) in [7, 11) is 0. The second-order valence-electron chi connectivity index (χ2n) is 4.59. The average molecular weight is 327 g/mol. The van der Waals surface area contributed by atoms with Gasteiger partial charge in [0.05, 0.1) is 0 Å². The monoisotopic (exact) mass is 327 g/mol. The number of rotatable bonds is 3. The summed E-state index contributed by atoms with van der Waals surface area (Å²) in [5.74, 6) is 0.518. The number of fused-ring (bicyclic) bond motifs is 1. The van der Waals surface area contributed by atoms with Crippen molar-refractivity contribution in [2.75, 3.05) is 16.6 Å². The van der Waals surface area contributed by atoms with E-state index in [9.17, 15) is 13.2 Å². The van der Waals surface area contributed by atoms with Crippen molar-refractivity contribution in [3.05, 3.63) is 42.0 Å². The van der Waals surface area contributed by atoms with Crippen LogP contribution in [0, 0.1) is 0 Å². The Hall–Kier alpha value is -2.13. The van der Waals surface area contributed by atoms with E-state index >= 15 is 0 Å². The lowest BCUT2D eigenvalue weighted by molar-refractivity contribution is -0.129. The number of nitrogens with zero attached hydrogens (tertiary/aromatic N) is 1. The third kappa shape index (κ3) is 2.90. The maximum atomic E-state index is 13.4. The minimum atomic E-state index is -4.39. The molecular weight excluding hydrogens is 315 g/mol. The number of anilines is 3. The molecule has 3 rings (SSSR count). The fourth-order valence-electron chi connectivity index (χ4n) is 2.08. The fourth-order valence-corrected chi connectivity index (χ4v) is 3.21. The van der Waals surface area contributed by atoms with E-state index < -0.39 is 11.4 Å². The molecule has 1 atom stereocenters. The van der Waals surface area contributed by atoms with E-state index in [-0.39, 0.29) is 11.4 Å². The molecule has 5 nitrogen and oxygen atoms in total. The van der Waals surface area contributed by atoms with E-state index in [1.807, 2.05) is 0 Å². The van der Waals surface area contributed by atoms with E-state index in [0.717, 1.165) is 0 Å². The van der Waals surface area contributed by atoms with Gasteiger partial charge in [-0.05, 0) is 11.6 Å². The Bertz CT molecular complexity index is 677. The number of nitrogens with two attached hydrogens (primary N) is 1. The summed E-state index contributed by atoms with van der Waals surface area (Å²) in [5.41, 5.74) is 14.3. The Morgan fingerprint density at radius 1 is 1.14 bits per heavy atom. The van der Waals surface area contributed by atoms with Crippen LogP contribution in [-0.4, -0.2) is 11.2 Å².